The van der Waals surface area contributed by atoms with Crippen LogP contribution in [-0.2, 0) is 13.1 Å². The lowest BCUT2D eigenvalue weighted by molar-refractivity contribution is 0.427. The number of nitrogens with zero attached hydrogens (tertiary/aromatic N) is 2. The first-order valence-corrected chi connectivity index (χ1v) is 5.61. The minimum atomic E-state index is -0.383. The van der Waals surface area contributed by atoms with Gasteiger partial charge in [0.15, 0.2) is 0 Å². The van der Waals surface area contributed by atoms with Crippen LogP contribution in [0.4, 0.5) is 10.1 Å². The van der Waals surface area contributed by atoms with Gasteiger partial charge >= 0.3 is 0 Å². The van der Waals surface area contributed by atoms with E-state index in [2.05, 4.69) is 16.5 Å². The standard InChI is InChI=1S/C10H12FN3S.ClH/c11-3-4-14-8-9(6-13-14)12-7-10-2-1-5-15-10;/h1-2,5-6,8,12H,3-4,7H2;1H. The molecule has 0 aliphatic heterocycles. The molecule has 6 heteroatoms. The third kappa shape index (κ3) is 3.50. The number of hydrogen-bond acceptors (Lipinski definition) is 3. The van der Waals surface area contributed by atoms with Crippen LogP contribution in [-0.4, -0.2) is 16.5 Å². The molecule has 0 fully saturated rings. The van der Waals surface area contributed by atoms with Gasteiger partial charge in [0.05, 0.1) is 18.4 Å². The number of alkyl halides is 1. The molecule has 0 atom stereocenters. The zero-order valence-corrected chi connectivity index (χ0v) is 10.2. The Morgan fingerprint density at radius 3 is 3.06 bits per heavy atom. The van der Waals surface area contributed by atoms with Crippen LogP contribution in [0.5, 0.6) is 0 Å². The van der Waals surface area contributed by atoms with Gasteiger partial charge in [0, 0.05) is 17.6 Å². The van der Waals surface area contributed by atoms with Crippen molar-refractivity contribution in [1.82, 2.24) is 9.78 Å². The van der Waals surface area contributed by atoms with E-state index in [1.807, 2.05) is 17.6 Å². The second-order valence-corrected chi connectivity index (χ2v) is 4.15. The molecule has 0 bridgehead atoms. The summed E-state index contributed by atoms with van der Waals surface area (Å²) < 4.78 is 13.6. The van der Waals surface area contributed by atoms with Crippen LogP contribution < -0.4 is 5.32 Å². The molecule has 2 heterocycles. The third-order valence-corrected chi connectivity index (χ3v) is 2.87. The fourth-order valence-electron chi connectivity index (χ4n) is 1.27. The number of thiophene rings is 1. The van der Waals surface area contributed by atoms with Gasteiger partial charge in [0.1, 0.15) is 6.67 Å². The Morgan fingerprint density at radius 1 is 1.50 bits per heavy atom. The second-order valence-electron chi connectivity index (χ2n) is 3.11. The molecule has 2 aromatic rings. The summed E-state index contributed by atoms with van der Waals surface area (Å²) in [6.45, 7) is 0.728. The Kier molecular flexibility index (Phi) is 5.28. The summed E-state index contributed by atoms with van der Waals surface area (Å²) in [7, 11) is 0. The van der Waals surface area contributed by atoms with E-state index in [4.69, 9.17) is 0 Å². The maximum atomic E-state index is 12.0. The van der Waals surface area contributed by atoms with Crippen LogP contribution in [0.25, 0.3) is 0 Å². The first kappa shape index (κ1) is 13.0. The summed E-state index contributed by atoms with van der Waals surface area (Å²) in [6.07, 6.45) is 3.52. The summed E-state index contributed by atoms with van der Waals surface area (Å²) in [5.41, 5.74) is 0.928. The zero-order valence-electron chi connectivity index (χ0n) is 8.60. The van der Waals surface area contributed by atoms with Gasteiger partial charge in [-0.25, -0.2) is 4.39 Å². The fourth-order valence-corrected chi connectivity index (χ4v) is 1.91. The average Bonchev–Trinajstić information content (AvgIpc) is 2.85. The zero-order chi connectivity index (χ0) is 10.5. The fraction of sp³-hybridized carbons (Fsp3) is 0.300. The van der Waals surface area contributed by atoms with Gasteiger partial charge < -0.3 is 5.32 Å². The number of rotatable bonds is 5. The van der Waals surface area contributed by atoms with Crippen LogP contribution in [0, 0.1) is 0 Å². The molecule has 0 unspecified atom stereocenters. The van der Waals surface area contributed by atoms with Gasteiger partial charge in [-0.3, -0.25) is 4.68 Å². The smallest absolute Gasteiger partial charge is 0.109 e. The average molecular weight is 262 g/mol. The SMILES string of the molecule is Cl.FCCn1cc(NCc2cccs2)cn1. The molecule has 2 rings (SSSR count). The third-order valence-electron chi connectivity index (χ3n) is 1.99. The van der Waals surface area contributed by atoms with Gasteiger partial charge in [-0.2, -0.15) is 5.10 Å². The number of anilines is 1. The summed E-state index contributed by atoms with van der Waals surface area (Å²) in [5.74, 6) is 0. The lowest BCUT2D eigenvalue weighted by Gasteiger charge is -1.99. The van der Waals surface area contributed by atoms with Crippen molar-refractivity contribution in [3.8, 4) is 0 Å². The molecule has 3 nitrogen and oxygen atoms in total. The molecule has 0 aromatic carbocycles. The van der Waals surface area contributed by atoms with E-state index in [9.17, 15) is 4.39 Å². The minimum Gasteiger partial charge on any atom is -0.378 e. The molecular weight excluding hydrogens is 249 g/mol. The molecule has 0 amide bonds. The maximum absolute atomic E-state index is 12.0. The van der Waals surface area contributed by atoms with Crippen molar-refractivity contribution >= 4 is 29.4 Å². The molecule has 1 N–H and O–H groups in total. The molecule has 0 aliphatic carbocycles. The second kappa shape index (κ2) is 6.50. The monoisotopic (exact) mass is 261 g/mol. The normalized spacial score (nSPS) is 9.81. The highest BCUT2D eigenvalue weighted by Crippen LogP contribution is 2.12. The lowest BCUT2D eigenvalue weighted by atomic mass is 10.4. The number of hydrogen-bond donors (Lipinski definition) is 1. The number of aryl methyl sites for hydroxylation is 1. The van der Waals surface area contributed by atoms with Crippen molar-refractivity contribution in [2.45, 2.75) is 13.1 Å². The van der Waals surface area contributed by atoms with Gasteiger partial charge in [-0.1, -0.05) is 6.07 Å². The Labute approximate surface area is 104 Å². The highest BCUT2D eigenvalue weighted by atomic mass is 35.5. The largest absolute Gasteiger partial charge is 0.378 e. The molecule has 0 spiro atoms. The van der Waals surface area contributed by atoms with Crippen LogP contribution in [0.15, 0.2) is 29.9 Å². The van der Waals surface area contributed by atoms with E-state index in [1.54, 1.807) is 22.2 Å². The summed E-state index contributed by atoms with van der Waals surface area (Å²) in [4.78, 5) is 1.27. The van der Waals surface area contributed by atoms with Crippen molar-refractivity contribution < 1.29 is 4.39 Å². The molecule has 16 heavy (non-hydrogen) atoms. The summed E-state index contributed by atoms with van der Waals surface area (Å²) >= 11 is 1.71. The molecule has 0 saturated heterocycles. The Morgan fingerprint density at radius 2 is 2.38 bits per heavy atom. The Bertz CT molecular complexity index is 402. The molecular formula is C10H13ClFN3S. The predicted octanol–water partition coefficient (Wildman–Crippen LogP) is 2.95. The van der Waals surface area contributed by atoms with Gasteiger partial charge in [-0.05, 0) is 11.4 Å². The highest BCUT2D eigenvalue weighted by Gasteiger charge is 1.98. The van der Waals surface area contributed by atoms with E-state index in [0.717, 1.165) is 12.2 Å². The molecule has 88 valence electrons. The number of halogens is 2. The first-order chi connectivity index (χ1) is 7.38. The molecule has 0 saturated carbocycles. The first-order valence-electron chi connectivity index (χ1n) is 4.73. The van der Waals surface area contributed by atoms with Crippen molar-refractivity contribution in [2.24, 2.45) is 0 Å². The number of nitrogens with one attached hydrogen (secondary N) is 1. The van der Waals surface area contributed by atoms with E-state index in [-0.39, 0.29) is 19.1 Å². The van der Waals surface area contributed by atoms with Crippen molar-refractivity contribution in [2.75, 3.05) is 12.0 Å². The highest BCUT2D eigenvalue weighted by molar-refractivity contribution is 7.09. The van der Waals surface area contributed by atoms with Crippen LogP contribution in [0.2, 0.25) is 0 Å². The number of aromatic nitrogens is 2. The molecule has 2 aromatic heterocycles. The van der Waals surface area contributed by atoms with Crippen LogP contribution in [0.3, 0.4) is 0 Å². The van der Waals surface area contributed by atoms with E-state index < -0.39 is 0 Å². The quantitative estimate of drug-likeness (QED) is 0.897. The van der Waals surface area contributed by atoms with Gasteiger partial charge in [-0.15, -0.1) is 23.7 Å². The van der Waals surface area contributed by atoms with E-state index >= 15 is 0 Å². The minimum absolute atomic E-state index is 0. The van der Waals surface area contributed by atoms with Crippen molar-refractivity contribution in [3.63, 3.8) is 0 Å². The molecule has 0 aliphatic rings. The maximum Gasteiger partial charge on any atom is 0.109 e. The van der Waals surface area contributed by atoms with Gasteiger partial charge in [0.2, 0.25) is 0 Å². The predicted molar refractivity (Wildman–Crippen MR) is 67.1 cm³/mol. The Hall–Kier alpha value is -1.07. The molecule has 0 radical (unpaired) electrons. The summed E-state index contributed by atoms with van der Waals surface area (Å²) in [6, 6.07) is 4.10. The van der Waals surface area contributed by atoms with Crippen LogP contribution in [0.1, 0.15) is 4.88 Å². The Balaban J connectivity index is 0.00000128. The van der Waals surface area contributed by atoms with E-state index in [0.29, 0.717) is 6.54 Å². The van der Waals surface area contributed by atoms with E-state index in [1.165, 1.54) is 4.88 Å². The van der Waals surface area contributed by atoms with Gasteiger partial charge in [0.25, 0.3) is 0 Å². The summed E-state index contributed by atoms with van der Waals surface area (Å²) in [5, 5.41) is 9.30. The topological polar surface area (TPSA) is 29.9 Å². The van der Waals surface area contributed by atoms with Crippen molar-refractivity contribution in [1.29, 1.82) is 0 Å². The van der Waals surface area contributed by atoms with Crippen molar-refractivity contribution in [3.05, 3.63) is 34.8 Å². The van der Waals surface area contributed by atoms with Crippen LogP contribution >= 0.6 is 23.7 Å². The lowest BCUT2D eigenvalue weighted by Crippen LogP contribution is -1.99.